The predicted octanol–water partition coefficient (Wildman–Crippen LogP) is 2.10. The van der Waals surface area contributed by atoms with Gasteiger partial charge in [0.05, 0.1) is 11.5 Å². The molecule has 0 unspecified atom stereocenters. The van der Waals surface area contributed by atoms with Gasteiger partial charge in [-0.15, -0.1) is 0 Å². The SMILES string of the molecule is CCOC(=O)/C=C/S(=O)(=O)c1cc(Cl)ccc1[N+](=O)[O-]. The van der Waals surface area contributed by atoms with Crippen molar-refractivity contribution in [1.82, 2.24) is 0 Å². The summed E-state index contributed by atoms with van der Waals surface area (Å²) >= 11 is 5.64. The van der Waals surface area contributed by atoms with Crippen LogP contribution in [0.25, 0.3) is 0 Å². The average Bonchev–Trinajstić information content (AvgIpc) is 2.36. The molecule has 1 rings (SSSR count). The highest BCUT2D eigenvalue weighted by atomic mass is 35.5. The molecule has 0 radical (unpaired) electrons. The molecular weight excluding hydrogens is 310 g/mol. The van der Waals surface area contributed by atoms with E-state index in [0.717, 1.165) is 12.1 Å². The predicted molar refractivity (Wildman–Crippen MR) is 71.1 cm³/mol. The topological polar surface area (TPSA) is 104 Å². The summed E-state index contributed by atoms with van der Waals surface area (Å²) in [4.78, 5) is 20.4. The second-order valence-corrected chi connectivity index (χ2v) is 5.71. The lowest BCUT2D eigenvalue weighted by Crippen LogP contribution is -2.04. The van der Waals surface area contributed by atoms with E-state index in [2.05, 4.69) is 4.74 Å². The summed E-state index contributed by atoms with van der Waals surface area (Å²) in [6.45, 7) is 1.64. The fourth-order valence-corrected chi connectivity index (χ4v) is 2.67. The van der Waals surface area contributed by atoms with Crippen LogP contribution >= 0.6 is 11.6 Å². The highest BCUT2D eigenvalue weighted by Gasteiger charge is 2.24. The Morgan fingerprint density at radius 3 is 2.70 bits per heavy atom. The Balaban J connectivity index is 3.25. The molecule has 9 heteroatoms. The number of ether oxygens (including phenoxy) is 1. The maximum Gasteiger partial charge on any atom is 0.331 e. The molecule has 0 aromatic heterocycles. The van der Waals surface area contributed by atoms with E-state index in [1.165, 1.54) is 6.07 Å². The molecule has 0 N–H and O–H groups in total. The molecule has 1 aromatic rings. The summed E-state index contributed by atoms with van der Waals surface area (Å²) < 4.78 is 28.4. The molecule has 0 saturated heterocycles. The molecule has 0 bridgehead atoms. The molecule has 0 spiro atoms. The van der Waals surface area contributed by atoms with Crippen LogP contribution in [0.4, 0.5) is 5.69 Å². The first-order valence-corrected chi connectivity index (χ1v) is 7.24. The maximum absolute atomic E-state index is 12.0. The molecule has 0 fully saturated rings. The zero-order valence-electron chi connectivity index (χ0n) is 10.3. The van der Waals surface area contributed by atoms with Crippen molar-refractivity contribution in [3.05, 3.63) is 44.8 Å². The number of hydrogen-bond acceptors (Lipinski definition) is 6. The van der Waals surface area contributed by atoms with E-state index < -0.39 is 31.3 Å². The van der Waals surface area contributed by atoms with Crippen molar-refractivity contribution in [3.63, 3.8) is 0 Å². The van der Waals surface area contributed by atoms with E-state index in [1.54, 1.807) is 6.92 Å². The van der Waals surface area contributed by atoms with Gasteiger partial charge in [0.2, 0.25) is 9.84 Å². The van der Waals surface area contributed by atoms with Gasteiger partial charge < -0.3 is 4.74 Å². The largest absolute Gasteiger partial charge is 0.463 e. The molecule has 20 heavy (non-hydrogen) atoms. The summed E-state index contributed by atoms with van der Waals surface area (Å²) in [6.07, 6.45) is 0.684. The van der Waals surface area contributed by atoms with E-state index in [1.807, 2.05) is 0 Å². The zero-order chi connectivity index (χ0) is 15.3. The molecule has 0 aliphatic carbocycles. The molecule has 108 valence electrons. The fourth-order valence-electron chi connectivity index (χ4n) is 1.28. The highest BCUT2D eigenvalue weighted by Crippen LogP contribution is 2.28. The van der Waals surface area contributed by atoms with E-state index in [4.69, 9.17) is 11.6 Å². The first kappa shape index (κ1) is 16.1. The van der Waals surface area contributed by atoms with E-state index in [-0.39, 0.29) is 11.6 Å². The van der Waals surface area contributed by atoms with Crippen molar-refractivity contribution in [2.24, 2.45) is 0 Å². The maximum atomic E-state index is 12.0. The van der Waals surface area contributed by atoms with Crippen LogP contribution in [0.2, 0.25) is 5.02 Å². The minimum atomic E-state index is -4.18. The second kappa shape index (κ2) is 6.49. The van der Waals surface area contributed by atoms with Crippen molar-refractivity contribution in [2.45, 2.75) is 11.8 Å². The van der Waals surface area contributed by atoms with Gasteiger partial charge in [0, 0.05) is 22.6 Å². The van der Waals surface area contributed by atoms with Crippen molar-refractivity contribution < 1.29 is 22.9 Å². The number of benzene rings is 1. The smallest absolute Gasteiger partial charge is 0.331 e. The number of rotatable bonds is 5. The molecule has 0 saturated carbocycles. The van der Waals surface area contributed by atoms with Gasteiger partial charge >= 0.3 is 5.97 Å². The number of hydrogen-bond donors (Lipinski definition) is 0. The third-order valence-corrected chi connectivity index (χ3v) is 3.76. The summed E-state index contributed by atoms with van der Waals surface area (Å²) in [5, 5.41) is 11.4. The lowest BCUT2D eigenvalue weighted by Gasteiger charge is -2.02. The summed E-state index contributed by atoms with van der Waals surface area (Å²) in [7, 11) is -4.18. The van der Waals surface area contributed by atoms with Crippen molar-refractivity contribution in [3.8, 4) is 0 Å². The van der Waals surface area contributed by atoms with Crippen molar-refractivity contribution in [2.75, 3.05) is 6.61 Å². The third kappa shape index (κ3) is 4.04. The average molecular weight is 320 g/mol. The monoisotopic (exact) mass is 319 g/mol. The van der Waals surface area contributed by atoms with Gasteiger partial charge in [-0.05, 0) is 19.1 Å². The Morgan fingerprint density at radius 1 is 1.50 bits per heavy atom. The van der Waals surface area contributed by atoms with Gasteiger partial charge in [0.1, 0.15) is 4.90 Å². The van der Waals surface area contributed by atoms with Gasteiger partial charge in [0.25, 0.3) is 5.69 Å². The fraction of sp³-hybridized carbons (Fsp3) is 0.182. The Hall–Kier alpha value is -1.93. The van der Waals surface area contributed by atoms with Crippen LogP contribution in [0.5, 0.6) is 0 Å². The minimum Gasteiger partial charge on any atom is -0.463 e. The van der Waals surface area contributed by atoms with Crippen molar-refractivity contribution in [1.29, 1.82) is 0 Å². The van der Waals surface area contributed by atoms with Crippen LogP contribution in [0.3, 0.4) is 0 Å². The highest BCUT2D eigenvalue weighted by molar-refractivity contribution is 7.94. The van der Waals surface area contributed by atoms with Gasteiger partial charge in [0.15, 0.2) is 0 Å². The Kier molecular flexibility index (Phi) is 5.23. The lowest BCUT2D eigenvalue weighted by molar-refractivity contribution is -0.387. The van der Waals surface area contributed by atoms with Gasteiger partial charge in [-0.3, -0.25) is 10.1 Å². The lowest BCUT2D eigenvalue weighted by atomic mass is 10.3. The number of carbonyl (C=O) groups is 1. The van der Waals surface area contributed by atoms with Gasteiger partial charge in [-0.1, -0.05) is 11.6 Å². The first-order chi connectivity index (χ1) is 9.27. The summed E-state index contributed by atoms with van der Waals surface area (Å²) in [6, 6.07) is 3.13. The van der Waals surface area contributed by atoms with Crippen LogP contribution in [0.1, 0.15) is 6.92 Å². The van der Waals surface area contributed by atoms with Gasteiger partial charge in [-0.2, -0.15) is 0 Å². The number of carbonyl (C=O) groups excluding carboxylic acids is 1. The molecule has 0 heterocycles. The summed E-state index contributed by atoms with van der Waals surface area (Å²) in [5.41, 5.74) is -0.622. The first-order valence-electron chi connectivity index (χ1n) is 5.31. The van der Waals surface area contributed by atoms with E-state index in [9.17, 15) is 23.3 Å². The second-order valence-electron chi connectivity index (χ2n) is 3.47. The number of esters is 1. The Bertz CT molecular complexity index is 667. The van der Waals surface area contributed by atoms with E-state index in [0.29, 0.717) is 11.5 Å². The standard InChI is InChI=1S/C11H10ClNO6S/c1-2-19-11(14)5-6-20(17,18)10-7-8(12)3-4-9(10)13(15)16/h3-7H,2H2,1H3/b6-5+. The zero-order valence-corrected chi connectivity index (χ0v) is 11.8. The van der Waals surface area contributed by atoms with Crippen LogP contribution in [-0.2, 0) is 19.4 Å². The molecular formula is C11H10ClNO6S. The minimum absolute atomic E-state index is 0.0266. The molecule has 7 nitrogen and oxygen atoms in total. The number of nitro groups is 1. The normalized spacial score (nSPS) is 11.5. The number of nitrogens with zero attached hydrogens (tertiary/aromatic N) is 1. The number of nitro benzene ring substituents is 1. The molecule has 0 aliphatic heterocycles. The number of sulfone groups is 1. The number of halogens is 1. The Labute approximate surface area is 119 Å². The van der Waals surface area contributed by atoms with Crippen LogP contribution in [0.15, 0.2) is 34.6 Å². The van der Waals surface area contributed by atoms with E-state index >= 15 is 0 Å². The van der Waals surface area contributed by atoms with Crippen LogP contribution < -0.4 is 0 Å². The summed E-state index contributed by atoms with van der Waals surface area (Å²) in [5.74, 6) is -0.860. The Morgan fingerprint density at radius 2 is 2.15 bits per heavy atom. The molecule has 0 atom stereocenters. The van der Waals surface area contributed by atoms with Gasteiger partial charge in [-0.25, -0.2) is 13.2 Å². The van der Waals surface area contributed by atoms with Crippen LogP contribution in [0, 0.1) is 10.1 Å². The van der Waals surface area contributed by atoms with Crippen LogP contribution in [-0.4, -0.2) is 25.9 Å². The quantitative estimate of drug-likeness (QED) is 0.356. The molecule has 0 amide bonds. The molecule has 0 aliphatic rings. The molecule has 1 aromatic carbocycles. The third-order valence-electron chi connectivity index (χ3n) is 2.09. The van der Waals surface area contributed by atoms with Crippen molar-refractivity contribution >= 4 is 33.1 Å².